The fraction of sp³-hybridized carbons (Fsp3) is 0. The summed E-state index contributed by atoms with van der Waals surface area (Å²) in [4.78, 5) is 4.12. The van der Waals surface area contributed by atoms with E-state index >= 15 is 0 Å². The van der Waals surface area contributed by atoms with Crippen LogP contribution in [0.5, 0.6) is 0 Å². The molecule has 0 bridgehead atoms. The number of rotatable bonds is 1. The summed E-state index contributed by atoms with van der Waals surface area (Å²) < 4.78 is 0. The quantitative estimate of drug-likeness (QED) is 0.540. The average Bonchev–Trinajstić information content (AvgIpc) is 2.17. The van der Waals surface area contributed by atoms with E-state index in [-0.39, 0.29) is 0 Å². The summed E-state index contributed by atoms with van der Waals surface area (Å²) in [5.41, 5.74) is 1.37. The molecule has 0 spiro atoms. The van der Waals surface area contributed by atoms with Crippen LogP contribution in [0.1, 0.15) is 0 Å². The van der Waals surface area contributed by atoms with Gasteiger partial charge in [0, 0.05) is 0 Å². The molecule has 0 amide bonds. The highest BCUT2D eigenvalue weighted by molar-refractivity contribution is 6.52. The standard InChI is InChI=1S/C9H6BClNO/c11-9-7(10-13)5-6-3-1-2-4-8(6)12-9/h1-5,13H. The average molecular weight is 190 g/mol. The van der Waals surface area contributed by atoms with Gasteiger partial charge < -0.3 is 5.02 Å². The Morgan fingerprint density at radius 1 is 1.31 bits per heavy atom. The van der Waals surface area contributed by atoms with Crippen molar-refractivity contribution in [2.45, 2.75) is 0 Å². The van der Waals surface area contributed by atoms with Crippen molar-refractivity contribution in [3.63, 3.8) is 0 Å². The van der Waals surface area contributed by atoms with Crippen LogP contribution in [0.15, 0.2) is 30.3 Å². The molecule has 2 rings (SSSR count). The molecule has 4 heteroatoms. The molecule has 1 radical (unpaired) electrons. The smallest absolute Gasteiger partial charge is 0.329 e. The predicted molar refractivity (Wildman–Crippen MR) is 54.4 cm³/mol. The van der Waals surface area contributed by atoms with Crippen LogP contribution in [-0.4, -0.2) is 17.5 Å². The van der Waals surface area contributed by atoms with Crippen molar-refractivity contribution in [3.05, 3.63) is 35.5 Å². The molecule has 1 aromatic carbocycles. The lowest BCUT2D eigenvalue weighted by atomic mass is 9.89. The van der Waals surface area contributed by atoms with E-state index in [4.69, 9.17) is 16.6 Å². The SMILES string of the molecule is O[B]c1cc2ccccc2nc1Cl. The number of para-hydroxylation sites is 1. The first kappa shape index (κ1) is 8.54. The summed E-state index contributed by atoms with van der Waals surface area (Å²) in [5.74, 6) is 0. The number of pyridine rings is 1. The number of hydrogen-bond donors (Lipinski definition) is 1. The van der Waals surface area contributed by atoms with Gasteiger partial charge in [-0.1, -0.05) is 35.9 Å². The highest BCUT2D eigenvalue weighted by atomic mass is 35.5. The Hall–Kier alpha value is -1.06. The van der Waals surface area contributed by atoms with Gasteiger partial charge in [0.2, 0.25) is 0 Å². The molecule has 0 aliphatic heterocycles. The van der Waals surface area contributed by atoms with Gasteiger partial charge in [0.15, 0.2) is 0 Å². The molecule has 1 heterocycles. The Morgan fingerprint density at radius 3 is 2.85 bits per heavy atom. The number of fused-ring (bicyclic) bond motifs is 1. The minimum atomic E-state index is 0.321. The van der Waals surface area contributed by atoms with Crippen LogP contribution in [0.4, 0.5) is 0 Å². The zero-order valence-electron chi connectivity index (χ0n) is 6.74. The highest BCUT2D eigenvalue weighted by Crippen LogP contribution is 2.12. The predicted octanol–water partition coefficient (Wildman–Crippen LogP) is 1.12. The number of nitrogens with zero attached hydrogens (tertiary/aromatic N) is 1. The fourth-order valence-electron chi connectivity index (χ4n) is 1.20. The Balaban J connectivity index is 2.74. The highest BCUT2D eigenvalue weighted by Gasteiger charge is 2.03. The summed E-state index contributed by atoms with van der Waals surface area (Å²) in [6.45, 7) is 0. The normalized spacial score (nSPS) is 10.3. The molecule has 0 unspecified atom stereocenters. The van der Waals surface area contributed by atoms with Gasteiger partial charge in [-0.25, -0.2) is 4.98 Å². The van der Waals surface area contributed by atoms with E-state index < -0.39 is 0 Å². The molecule has 13 heavy (non-hydrogen) atoms. The van der Waals surface area contributed by atoms with Crippen LogP contribution in [-0.2, 0) is 0 Å². The monoisotopic (exact) mass is 190 g/mol. The van der Waals surface area contributed by atoms with E-state index in [1.165, 1.54) is 0 Å². The number of aromatic nitrogens is 1. The molecule has 0 saturated heterocycles. The van der Waals surface area contributed by atoms with E-state index in [2.05, 4.69) is 4.98 Å². The zero-order valence-corrected chi connectivity index (χ0v) is 7.49. The van der Waals surface area contributed by atoms with Crippen molar-refractivity contribution in [1.29, 1.82) is 0 Å². The van der Waals surface area contributed by atoms with E-state index in [0.29, 0.717) is 10.6 Å². The van der Waals surface area contributed by atoms with E-state index in [1.54, 1.807) is 6.07 Å². The third kappa shape index (κ3) is 1.53. The molecule has 1 aromatic heterocycles. The molecule has 0 aliphatic rings. The van der Waals surface area contributed by atoms with Crippen molar-refractivity contribution in [2.24, 2.45) is 0 Å². The summed E-state index contributed by atoms with van der Waals surface area (Å²) >= 11 is 5.80. The molecule has 0 atom stereocenters. The van der Waals surface area contributed by atoms with Gasteiger partial charge in [-0.05, 0) is 16.9 Å². The number of benzene rings is 1. The molecule has 0 fully saturated rings. The lowest BCUT2D eigenvalue weighted by molar-refractivity contribution is 0.615. The van der Waals surface area contributed by atoms with Gasteiger partial charge in [0.1, 0.15) is 5.15 Å². The number of halogens is 1. The van der Waals surface area contributed by atoms with Gasteiger partial charge in [-0.2, -0.15) is 0 Å². The first-order valence-electron chi connectivity index (χ1n) is 3.84. The van der Waals surface area contributed by atoms with Crippen molar-refractivity contribution >= 4 is 35.4 Å². The van der Waals surface area contributed by atoms with Gasteiger partial charge >= 0.3 is 7.48 Å². The summed E-state index contributed by atoms with van der Waals surface area (Å²) in [7, 11) is 0.960. The van der Waals surface area contributed by atoms with Crippen LogP contribution in [0.2, 0.25) is 5.15 Å². The van der Waals surface area contributed by atoms with Gasteiger partial charge in [0.25, 0.3) is 0 Å². The van der Waals surface area contributed by atoms with Gasteiger partial charge in [-0.3, -0.25) is 0 Å². The van der Waals surface area contributed by atoms with Crippen LogP contribution < -0.4 is 5.46 Å². The van der Waals surface area contributed by atoms with E-state index in [1.807, 2.05) is 24.3 Å². The van der Waals surface area contributed by atoms with Crippen LogP contribution in [0.3, 0.4) is 0 Å². The lowest BCUT2D eigenvalue weighted by Gasteiger charge is -2.01. The maximum absolute atomic E-state index is 8.83. The topological polar surface area (TPSA) is 33.1 Å². The second-order valence-corrected chi connectivity index (χ2v) is 3.05. The lowest BCUT2D eigenvalue weighted by Crippen LogP contribution is -2.15. The van der Waals surface area contributed by atoms with E-state index in [9.17, 15) is 0 Å². The van der Waals surface area contributed by atoms with Crippen LogP contribution >= 0.6 is 11.6 Å². The second-order valence-electron chi connectivity index (χ2n) is 2.69. The van der Waals surface area contributed by atoms with Crippen molar-refractivity contribution in [2.75, 3.05) is 0 Å². The molecule has 63 valence electrons. The Morgan fingerprint density at radius 2 is 2.08 bits per heavy atom. The minimum absolute atomic E-state index is 0.321. The Bertz CT molecular complexity index is 447. The summed E-state index contributed by atoms with van der Waals surface area (Å²) in [6.07, 6.45) is 0. The first-order chi connectivity index (χ1) is 6.31. The molecular weight excluding hydrogens is 184 g/mol. The van der Waals surface area contributed by atoms with Crippen LogP contribution in [0, 0.1) is 0 Å². The van der Waals surface area contributed by atoms with Crippen molar-refractivity contribution < 1.29 is 5.02 Å². The zero-order chi connectivity index (χ0) is 9.26. The van der Waals surface area contributed by atoms with E-state index in [0.717, 1.165) is 18.4 Å². The molecule has 0 saturated carbocycles. The first-order valence-corrected chi connectivity index (χ1v) is 4.22. The molecule has 0 aliphatic carbocycles. The maximum atomic E-state index is 8.83. The summed E-state index contributed by atoms with van der Waals surface area (Å²) in [6, 6.07) is 9.41. The molecule has 1 N–H and O–H groups in total. The van der Waals surface area contributed by atoms with Crippen molar-refractivity contribution in [1.82, 2.24) is 4.98 Å². The Labute approximate surface area is 81.5 Å². The van der Waals surface area contributed by atoms with Crippen LogP contribution in [0.25, 0.3) is 10.9 Å². The minimum Gasteiger partial charge on any atom is -0.450 e. The van der Waals surface area contributed by atoms with Crippen molar-refractivity contribution in [3.8, 4) is 0 Å². The van der Waals surface area contributed by atoms with Gasteiger partial charge in [0.05, 0.1) is 5.52 Å². The maximum Gasteiger partial charge on any atom is 0.329 e. The fourth-order valence-corrected chi connectivity index (χ4v) is 1.39. The molecule has 2 nitrogen and oxygen atoms in total. The van der Waals surface area contributed by atoms with Gasteiger partial charge in [-0.15, -0.1) is 0 Å². The number of hydrogen-bond acceptors (Lipinski definition) is 2. The molecular formula is C9H6BClNO. The largest absolute Gasteiger partial charge is 0.450 e. The summed E-state index contributed by atoms with van der Waals surface area (Å²) in [5, 5.41) is 10.1. The second kappa shape index (κ2) is 3.36. The third-order valence-electron chi connectivity index (χ3n) is 1.84. The Kier molecular flexibility index (Phi) is 2.21. The third-order valence-corrected chi connectivity index (χ3v) is 2.15. The molecule has 2 aromatic rings.